The number of rotatable bonds is 3. The SMILES string of the molecule is O[C@@]1(c2ccc(-c3ccccc3)cc2)CN(c2ccccc2)C2=[N+]1CCCCC2. The molecule has 0 saturated carbocycles. The highest BCUT2D eigenvalue weighted by Crippen LogP contribution is 2.36. The Bertz CT molecular complexity index is 1010. The van der Waals surface area contributed by atoms with E-state index in [2.05, 4.69) is 82.3 Å². The molecule has 0 radical (unpaired) electrons. The Morgan fingerprint density at radius 2 is 1.38 bits per heavy atom. The van der Waals surface area contributed by atoms with Gasteiger partial charge >= 0.3 is 0 Å². The molecule has 3 aromatic carbocycles. The average Bonchev–Trinajstić information content (AvgIpc) is 2.93. The molecule has 2 aliphatic rings. The van der Waals surface area contributed by atoms with Crippen LogP contribution in [0.3, 0.4) is 0 Å². The number of para-hydroxylation sites is 1. The highest BCUT2D eigenvalue weighted by atomic mass is 16.3. The van der Waals surface area contributed by atoms with E-state index in [0.29, 0.717) is 6.54 Å². The summed E-state index contributed by atoms with van der Waals surface area (Å²) in [5, 5.41) is 11.9. The minimum atomic E-state index is -0.995. The van der Waals surface area contributed by atoms with Crippen molar-refractivity contribution in [2.45, 2.75) is 31.4 Å². The number of amidine groups is 1. The number of β-amino-alcohol motifs (C(OH)–C–C–N with tert-alkyl or cyclic N) is 1. The lowest BCUT2D eigenvalue weighted by molar-refractivity contribution is -0.658. The molecule has 5 rings (SSSR count). The highest BCUT2D eigenvalue weighted by molar-refractivity contribution is 5.95. The molecule has 3 nitrogen and oxygen atoms in total. The second kappa shape index (κ2) is 7.49. The van der Waals surface area contributed by atoms with Gasteiger partial charge in [0.25, 0.3) is 11.6 Å². The molecule has 0 unspecified atom stereocenters. The van der Waals surface area contributed by atoms with Gasteiger partial charge in [-0.15, -0.1) is 0 Å². The van der Waals surface area contributed by atoms with Crippen LogP contribution in [0.5, 0.6) is 0 Å². The van der Waals surface area contributed by atoms with E-state index in [1.807, 2.05) is 12.1 Å². The molecule has 1 N–H and O–H groups in total. The van der Waals surface area contributed by atoms with Crippen molar-refractivity contribution < 1.29 is 9.68 Å². The maximum absolute atomic E-state index is 11.9. The first-order valence-corrected chi connectivity index (χ1v) is 10.6. The smallest absolute Gasteiger partial charge is 0.271 e. The lowest BCUT2D eigenvalue weighted by Crippen LogP contribution is -2.41. The molecule has 0 amide bonds. The van der Waals surface area contributed by atoms with Crippen LogP contribution in [0.15, 0.2) is 84.9 Å². The molecule has 0 bridgehead atoms. The fourth-order valence-corrected chi connectivity index (χ4v) is 4.73. The Hall–Kier alpha value is -2.91. The highest BCUT2D eigenvalue weighted by Gasteiger charge is 2.51. The number of hydrogen-bond donors (Lipinski definition) is 1. The van der Waals surface area contributed by atoms with Crippen LogP contribution in [0.4, 0.5) is 5.69 Å². The number of anilines is 1. The van der Waals surface area contributed by atoms with Crippen LogP contribution in [0.2, 0.25) is 0 Å². The largest absolute Gasteiger partial charge is 0.346 e. The van der Waals surface area contributed by atoms with Gasteiger partial charge in [-0.1, -0.05) is 72.8 Å². The van der Waals surface area contributed by atoms with Crippen LogP contribution in [0.25, 0.3) is 11.1 Å². The molecule has 0 aromatic heterocycles. The van der Waals surface area contributed by atoms with Crippen LogP contribution in [0, 0.1) is 0 Å². The van der Waals surface area contributed by atoms with Crippen molar-refractivity contribution in [3.63, 3.8) is 0 Å². The second-order valence-electron chi connectivity index (χ2n) is 8.06. The number of benzene rings is 3. The zero-order chi connectivity index (χ0) is 19.7. The second-order valence-corrected chi connectivity index (χ2v) is 8.06. The zero-order valence-corrected chi connectivity index (χ0v) is 16.7. The molecular weight excluding hydrogens is 356 g/mol. The van der Waals surface area contributed by atoms with Gasteiger partial charge in [-0.3, -0.25) is 0 Å². The first-order chi connectivity index (χ1) is 14.3. The molecule has 0 spiro atoms. The average molecular weight is 384 g/mol. The molecule has 1 atom stereocenters. The normalized spacial score (nSPS) is 21.8. The summed E-state index contributed by atoms with van der Waals surface area (Å²) in [6.45, 7) is 1.46. The van der Waals surface area contributed by atoms with Crippen LogP contribution < -0.4 is 4.90 Å². The zero-order valence-electron chi connectivity index (χ0n) is 16.7. The predicted octanol–water partition coefficient (Wildman–Crippen LogP) is 5.00. The molecule has 0 aliphatic carbocycles. The molecule has 2 heterocycles. The Morgan fingerprint density at radius 1 is 0.724 bits per heavy atom. The molecule has 146 valence electrons. The van der Waals surface area contributed by atoms with Crippen molar-refractivity contribution in [2.24, 2.45) is 0 Å². The van der Waals surface area contributed by atoms with Gasteiger partial charge in [-0.05, 0) is 42.5 Å². The number of nitrogens with zero attached hydrogens (tertiary/aromatic N) is 2. The third kappa shape index (κ3) is 3.26. The predicted molar refractivity (Wildman–Crippen MR) is 118 cm³/mol. The van der Waals surface area contributed by atoms with E-state index in [1.54, 1.807) is 0 Å². The summed E-state index contributed by atoms with van der Waals surface area (Å²) in [6, 6.07) is 29.3. The van der Waals surface area contributed by atoms with E-state index in [-0.39, 0.29) is 0 Å². The first-order valence-electron chi connectivity index (χ1n) is 10.6. The first kappa shape index (κ1) is 18.1. The van der Waals surface area contributed by atoms with Crippen molar-refractivity contribution in [3.8, 4) is 11.1 Å². The van der Waals surface area contributed by atoms with E-state index in [4.69, 9.17) is 0 Å². The lowest BCUT2D eigenvalue weighted by Gasteiger charge is -2.24. The van der Waals surface area contributed by atoms with Crippen LogP contribution in [-0.4, -0.2) is 28.6 Å². The maximum Gasteiger partial charge on any atom is 0.271 e. The quantitative estimate of drug-likeness (QED) is 0.644. The summed E-state index contributed by atoms with van der Waals surface area (Å²) in [6.07, 6.45) is 4.53. The van der Waals surface area contributed by atoms with Crippen LogP contribution >= 0.6 is 0 Å². The van der Waals surface area contributed by atoms with Crippen molar-refractivity contribution in [1.29, 1.82) is 0 Å². The van der Waals surface area contributed by atoms with Gasteiger partial charge in [0, 0.05) is 12.0 Å². The van der Waals surface area contributed by atoms with E-state index >= 15 is 0 Å². The standard InChI is InChI=1S/C26H27N2O/c29-26(23-17-15-22(16-18-23)21-10-4-1-5-11-21)20-27(24-12-6-2-7-13-24)25-14-8-3-9-19-28(25)26/h1-2,4-7,10-13,15-18,29H,3,8-9,14,19-20H2/q+1/t26-/m1/s1. The summed E-state index contributed by atoms with van der Waals surface area (Å²) in [5.74, 6) is 1.25. The minimum Gasteiger partial charge on any atom is -0.346 e. The Labute approximate surface area is 172 Å². The van der Waals surface area contributed by atoms with Gasteiger partial charge < -0.3 is 5.11 Å². The third-order valence-electron chi connectivity index (χ3n) is 6.25. The van der Waals surface area contributed by atoms with Gasteiger partial charge in [-0.2, -0.15) is 0 Å². The van der Waals surface area contributed by atoms with Crippen LogP contribution in [-0.2, 0) is 5.72 Å². The van der Waals surface area contributed by atoms with Crippen molar-refractivity contribution >= 4 is 11.5 Å². The molecule has 0 fully saturated rings. The van der Waals surface area contributed by atoms with E-state index < -0.39 is 5.72 Å². The van der Waals surface area contributed by atoms with Gasteiger partial charge in [0.05, 0.1) is 6.54 Å². The van der Waals surface area contributed by atoms with Gasteiger partial charge in [0.2, 0.25) is 0 Å². The number of hydrogen-bond acceptors (Lipinski definition) is 2. The fraction of sp³-hybridized carbons (Fsp3) is 0.269. The van der Waals surface area contributed by atoms with Crippen molar-refractivity contribution in [2.75, 3.05) is 18.0 Å². The van der Waals surface area contributed by atoms with Gasteiger partial charge in [0.1, 0.15) is 5.69 Å². The molecule has 3 aromatic rings. The minimum absolute atomic E-state index is 0.566. The van der Waals surface area contributed by atoms with E-state index in [0.717, 1.165) is 30.6 Å². The Kier molecular flexibility index (Phi) is 4.69. The molecular formula is C26H27N2O+. The fourth-order valence-electron chi connectivity index (χ4n) is 4.73. The van der Waals surface area contributed by atoms with Crippen molar-refractivity contribution in [3.05, 3.63) is 90.5 Å². The molecule has 2 aliphatic heterocycles. The third-order valence-corrected chi connectivity index (χ3v) is 6.25. The summed E-state index contributed by atoms with van der Waals surface area (Å²) in [5.41, 5.74) is 3.51. The number of aliphatic hydroxyl groups is 1. The Morgan fingerprint density at radius 3 is 2.10 bits per heavy atom. The van der Waals surface area contributed by atoms with E-state index in [1.165, 1.54) is 29.8 Å². The summed E-state index contributed by atoms with van der Waals surface area (Å²) < 4.78 is 2.25. The summed E-state index contributed by atoms with van der Waals surface area (Å²) in [7, 11) is 0. The molecule has 3 heteroatoms. The van der Waals surface area contributed by atoms with Crippen molar-refractivity contribution in [1.82, 2.24) is 0 Å². The summed E-state index contributed by atoms with van der Waals surface area (Å²) in [4.78, 5) is 2.32. The molecule has 29 heavy (non-hydrogen) atoms. The monoisotopic (exact) mass is 383 g/mol. The van der Waals surface area contributed by atoms with E-state index in [9.17, 15) is 5.11 Å². The Balaban J connectivity index is 1.54. The lowest BCUT2D eigenvalue weighted by atomic mass is 9.98. The van der Waals surface area contributed by atoms with Gasteiger partial charge in [-0.25, -0.2) is 9.48 Å². The summed E-state index contributed by atoms with van der Waals surface area (Å²) >= 11 is 0. The maximum atomic E-state index is 11.9. The molecule has 0 saturated heterocycles. The van der Waals surface area contributed by atoms with Gasteiger partial charge in [0.15, 0.2) is 6.54 Å². The topological polar surface area (TPSA) is 26.5 Å². The van der Waals surface area contributed by atoms with Crippen LogP contribution in [0.1, 0.15) is 31.2 Å².